The number of nitrogens with zero attached hydrogens (tertiary/aromatic N) is 1. The van der Waals surface area contributed by atoms with E-state index < -0.39 is 11.4 Å². The van der Waals surface area contributed by atoms with Gasteiger partial charge in [0.2, 0.25) is 0 Å². The Morgan fingerprint density at radius 2 is 2.03 bits per heavy atom. The van der Waals surface area contributed by atoms with Crippen molar-refractivity contribution in [2.75, 3.05) is 18.8 Å². The number of nitrogens with one attached hydrogen (secondary N) is 1. The summed E-state index contributed by atoms with van der Waals surface area (Å²) in [6.07, 6.45) is 9.98. The first-order valence-corrected chi connectivity index (χ1v) is 11.2. The molecule has 2 N–H and O–H groups in total. The van der Waals surface area contributed by atoms with Crippen LogP contribution < -0.4 is 5.32 Å². The second kappa shape index (κ2) is 11.9. The first kappa shape index (κ1) is 25.1. The van der Waals surface area contributed by atoms with Crippen LogP contribution in [0, 0.1) is 11.3 Å². The zero-order valence-corrected chi connectivity index (χ0v) is 19.3. The fourth-order valence-electron chi connectivity index (χ4n) is 3.21. The number of allylic oxidation sites excluding steroid dienone is 3. The van der Waals surface area contributed by atoms with Crippen LogP contribution in [0.1, 0.15) is 53.9 Å². The maximum Gasteiger partial charge on any atom is 0.309 e. The summed E-state index contributed by atoms with van der Waals surface area (Å²) in [5.41, 5.74) is 0.663. The van der Waals surface area contributed by atoms with Gasteiger partial charge in [0.1, 0.15) is 0 Å². The third-order valence-electron chi connectivity index (χ3n) is 5.37. The van der Waals surface area contributed by atoms with Gasteiger partial charge < -0.3 is 15.3 Å². The summed E-state index contributed by atoms with van der Waals surface area (Å²) in [6, 6.07) is 0. The van der Waals surface area contributed by atoms with Gasteiger partial charge in [0.15, 0.2) is 0 Å². The van der Waals surface area contributed by atoms with Gasteiger partial charge in [-0.3, -0.25) is 9.59 Å². The van der Waals surface area contributed by atoms with Crippen LogP contribution in [0.2, 0.25) is 0 Å². The first-order valence-electron chi connectivity index (χ1n) is 10.3. The van der Waals surface area contributed by atoms with Gasteiger partial charge in [0, 0.05) is 24.4 Å². The third kappa shape index (κ3) is 7.42. The molecule has 1 rings (SSSR count). The summed E-state index contributed by atoms with van der Waals surface area (Å²) in [7, 11) is 0. The molecule has 0 saturated carbocycles. The number of hydrogen-bond acceptors (Lipinski definition) is 4. The predicted octanol–water partition coefficient (Wildman–Crippen LogP) is 4.95. The normalized spacial score (nSPS) is 18.8. The molecule has 5 nitrogen and oxygen atoms in total. The monoisotopic (exact) mass is 420 g/mol. The van der Waals surface area contributed by atoms with Crippen LogP contribution in [0.4, 0.5) is 0 Å². The smallest absolute Gasteiger partial charge is 0.309 e. The summed E-state index contributed by atoms with van der Waals surface area (Å²) in [4.78, 5) is 27.3. The Balaban J connectivity index is 2.96. The molecule has 162 valence electrons. The fourth-order valence-corrected chi connectivity index (χ4v) is 4.04. The summed E-state index contributed by atoms with van der Waals surface area (Å²) >= 11 is 1.68. The van der Waals surface area contributed by atoms with E-state index in [9.17, 15) is 14.7 Å². The first-order chi connectivity index (χ1) is 13.6. The number of rotatable bonds is 10. The molecule has 1 saturated heterocycles. The standard InChI is InChI=1S/C23H36N2O3S/c1-7-13-24-21(26)20(18(4)29-15-8-2)12-11-17(3)25-14-9-10-19(16-25)23(5,6)22(27)28/h7,11-13,19H,3,8-10,14-16H2,1-2,4-6H3,(H,24,26)(H,27,28)/b12-11-,13-7-,20-18-. The van der Waals surface area contributed by atoms with Crippen molar-refractivity contribution in [1.29, 1.82) is 0 Å². The molecule has 6 heteroatoms. The number of piperidine rings is 1. The summed E-state index contributed by atoms with van der Waals surface area (Å²) in [5, 5.41) is 12.3. The molecule has 0 radical (unpaired) electrons. The Morgan fingerprint density at radius 3 is 2.62 bits per heavy atom. The van der Waals surface area contributed by atoms with Gasteiger partial charge in [-0.25, -0.2) is 0 Å². The average Bonchev–Trinajstić information content (AvgIpc) is 2.70. The van der Waals surface area contributed by atoms with Gasteiger partial charge in [0.05, 0.1) is 5.41 Å². The lowest BCUT2D eigenvalue weighted by Crippen LogP contribution is -2.44. The molecule has 1 aliphatic heterocycles. The summed E-state index contributed by atoms with van der Waals surface area (Å²) < 4.78 is 0. The molecule has 1 fully saturated rings. The van der Waals surface area contributed by atoms with Crippen molar-refractivity contribution in [3.63, 3.8) is 0 Å². The minimum atomic E-state index is -0.770. The van der Waals surface area contributed by atoms with Crippen molar-refractivity contribution in [2.24, 2.45) is 11.3 Å². The average molecular weight is 421 g/mol. The van der Waals surface area contributed by atoms with E-state index in [-0.39, 0.29) is 11.8 Å². The fraction of sp³-hybridized carbons (Fsp3) is 0.565. The lowest BCUT2D eigenvalue weighted by atomic mass is 9.74. The number of amides is 1. The van der Waals surface area contributed by atoms with Gasteiger partial charge in [0.25, 0.3) is 5.91 Å². The highest BCUT2D eigenvalue weighted by Crippen LogP contribution is 2.35. The Hall–Kier alpha value is -1.95. The van der Waals surface area contributed by atoms with Crippen LogP contribution in [0.15, 0.2) is 47.2 Å². The molecule has 1 aliphatic rings. The van der Waals surface area contributed by atoms with Gasteiger partial charge in [-0.15, -0.1) is 11.8 Å². The lowest BCUT2D eigenvalue weighted by Gasteiger charge is -2.40. The highest BCUT2D eigenvalue weighted by Gasteiger charge is 2.39. The van der Waals surface area contributed by atoms with Crippen molar-refractivity contribution in [3.8, 4) is 0 Å². The predicted molar refractivity (Wildman–Crippen MR) is 122 cm³/mol. The zero-order chi connectivity index (χ0) is 22.0. The van der Waals surface area contributed by atoms with Gasteiger partial charge in [-0.1, -0.05) is 19.6 Å². The molecule has 1 heterocycles. The second-order valence-corrected chi connectivity index (χ2v) is 9.24. The number of carboxylic acids is 1. The van der Waals surface area contributed by atoms with E-state index in [2.05, 4.69) is 23.7 Å². The van der Waals surface area contributed by atoms with E-state index in [0.29, 0.717) is 12.1 Å². The van der Waals surface area contributed by atoms with Gasteiger partial charge in [-0.05, 0) is 81.9 Å². The van der Waals surface area contributed by atoms with E-state index in [1.807, 2.05) is 26.0 Å². The maximum absolute atomic E-state index is 12.6. The molecular weight excluding hydrogens is 384 g/mol. The van der Waals surface area contributed by atoms with Gasteiger partial charge >= 0.3 is 5.97 Å². The number of carbonyl (C=O) groups is 2. The van der Waals surface area contributed by atoms with Crippen LogP contribution in [-0.4, -0.2) is 40.7 Å². The van der Waals surface area contributed by atoms with Gasteiger partial charge in [-0.2, -0.15) is 0 Å². The van der Waals surface area contributed by atoms with Crippen molar-refractivity contribution in [2.45, 2.75) is 53.9 Å². The van der Waals surface area contributed by atoms with E-state index in [0.717, 1.165) is 42.2 Å². The molecule has 1 amide bonds. The quantitative estimate of drug-likeness (QED) is 0.387. The number of carbonyl (C=O) groups excluding carboxylic acids is 1. The molecule has 0 bridgehead atoms. The Kier molecular flexibility index (Phi) is 10.3. The molecular formula is C23H36N2O3S. The van der Waals surface area contributed by atoms with Crippen LogP contribution in [0.25, 0.3) is 0 Å². The maximum atomic E-state index is 12.6. The Labute approximate surface area is 180 Å². The van der Waals surface area contributed by atoms with E-state index >= 15 is 0 Å². The van der Waals surface area contributed by atoms with Crippen LogP contribution >= 0.6 is 11.8 Å². The van der Waals surface area contributed by atoms with E-state index in [1.54, 1.807) is 37.9 Å². The van der Waals surface area contributed by atoms with Crippen LogP contribution in [0.3, 0.4) is 0 Å². The molecule has 0 aliphatic carbocycles. The molecule has 29 heavy (non-hydrogen) atoms. The number of likely N-dealkylation sites (tertiary alicyclic amines) is 1. The number of aliphatic carboxylic acids is 1. The molecule has 0 aromatic heterocycles. The Morgan fingerprint density at radius 1 is 1.34 bits per heavy atom. The van der Waals surface area contributed by atoms with E-state index in [1.165, 1.54) is 0 Å². The number of hydrogen-bond donors (Lipinski definition) is 2. The SMILES string of the molecule is C=C(/C=C\C(C(=O)N/C=C\C)=C(/C)SCCC)N1CCCC(C(C)(C)C(=O)O)C1. The third-order valence-corrected chi connectivity index (χ3v) is 6.63. The summed E-state index contributed by atoms with van der Waals surface area (Å²) in [6.45, 7) is 15.2. The highest BCUT2D eigenvalue weighted by molar-refractivity contribution is 8.03. The van der Waals surface area contributed by atoms with Crippen molar-refractivity contribution in [3.05, 3.63) is 47.2 Å². The molecule has 0 aromatic rings. The number of thioether (sulfide) groups is 1. The minimum absolute atomic E-state index is 0.0637. The van der Waals surface area contributed by atoms with E-state index in [4.69, 9.17) is 0 Å². The van der Waals surface area contributed by atoms with Crippen LogP contribution in [0.5, 0.6) is 0 Å². The Bertz CT molecular complexity index is 692. The topological polar surface area (TPSA) is 69.6 Å². The highest BCUT2D eigenvalue weighted by atomic mass is 32.2. The largest absolute Gasteiger partial charge is 0.481 e. The molecule has 1 atom stereocenters. The lowest BCUT2D eigenvalue weighted by molar-refractivity contribution is -0.151. The molecule has 0 spiro atoms. The zero-order valence-electron chi connectivity index (χ0n) is 18.5. The summed E-state index contributed by atoms with van der Waals surface area (Å²) in [5.74, 6) is 0.115. The van der Waals surface area contributed by atoms with Crippen molar-refractivity contribution >= 4 is 23.6 Å². The molecule has 0 aromatic carbocycles. The second-order valence-electron chi connectivity index (χ2n) is 7.93. The number of carboxylic acid groups (broad SMARTS) is 1. The minimum Gasteiger partial charge on any atom is -0.481 e. The van der Waals surface area contributed by atoms with Crippen LogP contribution in [-0.2, 0) is 9.59 Å². The molecule has 1 unspecified atom stereocenters. The van der Waals surface area contributed by atoms with Crippen molar-refractivity contribution in [1.82, 2.24) is 10.2 Å². The van der Waals surface area contributed by atoms with Crippen molar-refractivity contribution < 1.29 is 14.7 Å².